The summed E-state index contributed by atoms with van der Waals surface area (Å²) in [5.74, 6) is -0.395. The highest BCUT2D eigenvalue weighted by atomic mass is 32.1. The number of rotatable bonds is 11. The molecule has 0 aliphatic heterocycles. The lowest BCUT2D eigenvalue weighted by Crippen LogP contribution is -2.31. The first-order valence-electron chi connectivity index (χ1n) is 9.56. The van der Waals surface area contributed by atoms with Crippen LogP contribution in [0, 0.1) is 10.1 Å². The Morgan fingerprint density at radius 3 is 2.45 bits per heavy atom. The molecule has 0 aromatic heterocycles. The zero-order chi connectivity index (χ0) is 22.6. The van der Waals surface area contributed by atoms with Crippen LogP contribution in [0.15, 0.2) is 53.6 Å². The van der Waals surface area contributed by atoms with Gasteiger partial charge in [0.1, 0.15) is 0 Å². The van der Waals surface area contributed by atoms with Gasteiger partial charge in [-0.05, 0) is 55.5 Å². The second-order valence-electron chi connectivity index (χ2n) is 6.61. The SMILES string of the molecule is Nc1ccccc1NC(=O)CCCCCC(=O)N(S)N/N=C/c1ccc([N+](=O)[O-])cc1. The van der Waals surface area contributed by atoms with Crippen molar-refractivity contribution < 1.29 is 14.5 Å². The number of anilines is 2. The number of thiol groups is 1. The summed E-state index contributed by atoms with van der Waals surface area (Å²) in [7, 11) is 0. The Hall–Kier alpha value is -3.60. The topological polar surface area (TPSA) is 143 Å². The third kappa shape index (κ3) is 8.34. The van der Waals surface area contributed by atoms with Crippen LogP contribution in [-0.4, -0.2) is 27.4 Å². The van der Waals surface area contributed by atoms with E-state index in [4.69, 9.17) is 5.73 Å². The minimum absolute atomic E-state index is 0.0159. The highest BCUT2D eigenvalue weighted by Gasteiger charge is 2.09. The van der Waals surface area contributed by atoms with E-state index in [1.54, 1.807) is 24.3 Å². The van der Waals surface area contributed by atoms with E-state index in [9.17, 15) is 19.7 Å². The Labute approximate surface area is 185 Å². The van der Waals surface area contributed by atoms with Gasteiger partial charge in [-0.1, -0.05) is 18.6 Å². The van der Waals surface area contributed by atoms with Crippen LogP contribution in [0.3, 0.4) is 0 Å². The van der Waals surface area contributed by atoms with Crippen molar-refractivity contribution >= 4 is 47.9 Å². The van der Waals surface area contributed by atoms with E-state index in [2.05, 4.69) is 28.8 Å². The van der Waals surface area contributed by atoms with Gasteiger partial charge in [0.25, 0.3) is 11.6 Å². The number of nitro groups is 1. The predicted octanol–water partition coefficient (Wildman–Crippen LogP) is 3.28. The molecule has 0 bridgehead atoms. The maximum atomic E-state index is 12.0. The summed E-state index contributed by atoms with van der Waals surface area (Å²) in [6.07, 6.45) is 3.95. The molecule has 0 atom stereocenters. The predicted molar refractivity (Wildman–Crippen MR) is 122 cm³/mol. The average Bonchev–Trinajstić information content (AvgIpc) is 2.75. The molecule has 0 aliphatic rings. The molecule has 164 valence electrons. The van der Waals surface area contributed by atoms with E-state index in [-0.39, 0.29) is 23.9 Å². The summed E-state index contributed by atoms with van der Waals surface area (Å²) in [5.41, 5.74) is 9.97. The fourth-order valence-electron chi connectivity index (χ4n) is 2.56. The molecule has 0 heterocycles. The van der Waals surface area contributed by atoms with E-state index < -0.39 is 4.92 Å². The molecule has 0 unspecified atom stereocenters. The van der Waals surface area contributed by atoms with Gasteiger partial charge < -0.3 is 11.1 Å². The first kappa shape index (κ1) is 23.7. The average molecular weight is 445 g/mol. The lowest BCUT2D eigenvalue weighted by molar-refractivity contribution is -0.384. The van der Waals surface area contributed by atoms with E-state index in [0.717, 1.165) is 4.41 Å². The molecule has 11 heteroatoms. The molecule has 0 saturated carbocycles. The Kier molecular flexibility index (Phi) is 9.30. The molecule has 4 N–H and O–H groups in total. The summed E-state index contributed by atoms with van der Waals surface area (Å²) in [6.45, 7) is 0. The Morgan fingerprint density at radius 1 is 1.10 bits per heavy atom. The summed E-state index contributed by atoms with van der Waals surface area (Å²) >= 11 is 4.03. The van der Waals surface area contributed by atoms with Crippen LogP contribution in [-0.2, 0) is 9.59 Å². The molecular weight excluding hydrogens is 420 g/mol. The van der Waals surface area contributed by atoms with Crippen LogP contribution < -0.4 is 16.6 Å². The summed E-state index contributed by atoms with van der Waals surface area (Å²) in [5, 5.41) is 17.3. The standard InChI is InChI=1S/C20H24N6O4S/c21-17-6-4-5-7-18(17)23-19(27)8-2-1-3-9-20(28)25(31)24-22-14-15-10-12-16(13-11-15)26(29)30/h4-7,10-14,24,31H,1-3,8-9,21H2,(H,23,27)/b22-14+. The molecule has 2 aromatic rings. The molecule has 2 rings (SSSR count). The molecule has 0 radical (unpaired) electrons. The van der Waals surface area contributed by atoms with Crippen LogP contribution in [0.25, 0.3) is 0 Å². The summed E-state index contributed by atoms with van der Waals surface area (Å²) in [4.78, 5) is 34.1. The Bertz CT molecular complexity index is 936. The number of amides is 2. The maximum absolute atomic E-state index is 12.0. The number of carbonyl (C=O) groups excluding carboxylic acids is 2. The van der Waals surface area contributed by atoms with E-state index in [1.165, 1.54) is 30.5 Å². The number of benzene rings is 2. The van der Waals surface area contributed by atoms with Crippen molar-refractivity contribution in [3.8, 4) is 0 Å². The third-order valence-corrected chi connectivity index (χ3v) is 4.55. The fourth-order valence-corrected chi connectivity index (χ4v) is 2.72. The summed E-state index contributed by atoms with van der Waals surface area (Å²) in [6, 6.07) is 12.8. The van der Waals surface area contributed by atoms with Gasteiger partial charge >= 0.3 is 0 Å². The van der Waals surface area contributed by atoms with Crippen molar-refractivity contribution in [3.63, 3.8) is 0 Å². The lowest BCUT2D eigenvalue weighted by atomic mass is 10.1. The van der Waals surface area contributed by atoms with Gasteiger partial charge in [-0.15, -0.1) is 0 Å². The van der Waals surface area contributed by atoms with Gasteiger partial charge in [0.15, 0.2) is 0 Å². The second-order valence-corrected chi connectivity index (χ2v) is 7.01. The highest BCUT2D eigenvalue weighted by molar-refractivity contribution is 7.78. The largest absolute Gasteiger partial charge is 0.397 e. The third-order valence-electron chi connectivity index (χ3n) is 4.24. The van der Waals surface area contributed by atoms with Crippen LogP contribution in [0.1, 0.15) is 37.7 Å². The molecule has 2 aromatic carbocycles. The van der Waals surface area contributed by atoms with E-state index >= 15 is 0 Å². The van der Waals surface area contributed by atoms with Crippen LogP contribution in [0.5, 0.6) is 0 Å². The first-order valence-corrected chi connectivity index (χ1v) is 9.96. The Morgan fingerprint density at radius 2 is 1.77 bits per heavy atom. The molecule has 2 amide bonds. The van der Waals surface area contributed by atoms with Crippen molar-refractivity contribution in [2.75, 3.05) is 11.1 Å². The number of unbranched alkanes of at least 4 members (excludes halogenated alkanes) is 2. The number of nitro benzene ring substituents is 1. The second kappa shape index (κ2) is 12.2. The number of para-hydroxylation sites is 2. The smallest absolute Gasteiger partial charge is 0.269 e. The Balaban J connectivity index is 1.61. The number of carbonyl (C=O) groups is 2. The number of nitrogens with two attached hydrogens (primary N) is 1. The van der Waals surface area contributed by atoms with Crippen LogP contribution >= 0.6 is 12.8 Å². The lowest BCUT2D eigenvalue weighted by Gasteiger charge is -2.13. The van der Waals surface area contributed by atoms with E-state index in [0.29, 0.717) is 42.6 Å². The number of hydrazone groups is 1. The number of hydrogen-bond acceptors (Lipinski definition) is 8. The quantitative estimate of drug-likeness (QED) is 0.105. The monoisotopic (exact) mass is 444 g/mol. The van der Waals surface area contributed by atoms with Gasteiger partial charge in [0.2, 0.25) is 5.91 Å². The molecular formula is C20H24N6O4S. The number of nitrogens with zero attached hydrogens (tertiary/aromatic N) is 3. The zero-order valence-corrected chi connectivity index (χ0v) is 17.6. The number of nitrogens with one attached hydrogen (secondary N) is 2. The molecule has 0 aliphatic carbocycles. The molecule has 0 saturated heterocycles. The molecule has 31 heavy (non-hydrogen) atoms. The number of hydrazine groups is 1. The maximum Gasteiger partial charge on any atom is 0.269 e. The van der Waals surface area contributed by atoms with Crippen LogP contribution in [0.4, 0.5) is 17.1 Å². The summed E-state index contributed by atoms with van der Waals surface area (Å²) < 4.78 is 0.965. The van der Waals surface area contributed by atoms with Gasteiger partial charge in [-0.3, -0.25) is 19.7 Å². The van der Waals surface area contributed by atoms with Crippen molar-refractivity contribution in [3.05, 3.63) is 64.2 Å². The normalized spacial score (nSPS) is 10.6. The van der Waals surface area contributed by atoms with Crippen LogP contribution in [0.2, 0.25) is 0 Å². The molecule has 10 nitrogen and oxygen atoms in total. The van der Waals surface area contributed by atoms with Crippen molar-refractivity contribution in [2.24, 2.45) is 5.10 Å². The minimum Gasteiger partial charge on any atom is -0.397 e. The van der Waals surface area contributed by atoms with Crippen molar-refractivity contribution in [1.29, 1.82) is 0 Å². The van der Waals surface area contributed by atoms with Crippen molar-refractivity contribution in [2.45, 2.75) is 32.1 Å². The van der Waals surface area contributed by atoms with Gasteiger partial charge in [0, 0.05) is 25.0 Å². The number of hydrogen-bond donors (Lipinski definition) is 4. The fraction of sp³-hybridized carbons (Fsp3) is 0.250. The zero-order valence-electron chi connectivity index (χ0n) is 16.7. The van der Waals surface area contributed by atoms with Gasteiger partial charge in [-0.2, -0.15) is 9.52 Å². The number of non-ortho nitro benzene ring substituents is 1. The first-order chi connectivity index (χ1) is 14.9. The number of nitrogen functional groups attached to an aromatic ring is 1. The van der Waals surface area contributed by atoms with E-state index in [1.807, 2.05) is 0 Å². The van der Waals surface area contributed by atoms with Gasteiger partial charge in [-0.25, -0.2) is 5.53 Å². The molecule has 0 spiro atoms. The van der Waals surface area contributed by atoms with Crippen molar-refractivity contribution in [1.82, 2.24) is 9.95 Å². The molecule has 0 fully saturated rings. The minimum atomic E-state index is -0.487. The highest BCUT2D eigenvalue weighted by Crippen LogP contribution is 2.17. The van der Waals surface area contributed by atoms with Gasteiger partial charge in [0.05, 0.1) is 22.5 Å².